The number of amides is 1. The number of halogens is 3. The van der Waals surface area contributed by atoms with E-state index in [1.807, 2.05) is 20.8 Å². The second-order valence-electron chi connectivity index (χ2n) is 6.79. The van der Waals surface area contributed by atoms with Gasteiger partial charge in [0.25, 0.3) is 5.56 Å². The van der Waals surface area contributed by atoms with Crippen LogP contribution in [0.2, 0.25) is 0 Å². The molecule has 0 atom stereocenters. The van der Waals surface area contributed by atoms with Crippen molar-refractivity contribution in [1.82, 2.24) is 14.5 Å². The second kappa shape index (κ2) is 7.94. The zero-order chi connectivity index (χ0) is 21.3. The molecule has 0 aliphatic heterocycles. The monoisotopic (exact) mass is 424 g/mol. The first-order chi connectivity index (χ1) is 13.6. The number of thioether (sulfide) groups is 1. The SMILES string of the molecule is Cc1cc2nc(SCC(=O)Nc3cccc(C(F)(F)F)c3)n(C(C)C)c(=O)c2[nH]1. The standard InChI is InChI=1S/C19H19F3N4O2S/c1-10(2)26-17(28)16-14(7-11(3)23-16)25-18(26)29-9-15(27)24-13-6-4-5-12(8-13)19(20,21)22/h4-8,10,23H,9H2,1-3H3,(H,24,27). The number of alkyl halides is 3. The zero-order valence-electron chi connectivity index (χ0n) is 15.9. The van der Waals surface area contributed by atoms with E-state index in [9.17, 15) is 22.8 Å². The number of nitrogens with one attached hydrogen (secondary N) is 2. The van der Waals surface area contributed by atoms with E-state index in [1.54, 1.807) is 6.07 Å². The molecule has 0 saturated heterocycles. The van der Waals surface area contributed by atoms with E-state index in [2.05, 4.69) is 15.3 Å². The molecule has 29 heavy (non-hydrogen) atoms. The van der Waals surface area contributed by atoms with Crippen LogP contribution in [0.25, 0.3) is 11.0 Å². The predicted octanol–water partition coefficient (Wildman–Crippen LogP) is 4.36. The number of hydrogen-bond acceptors (Lipinski definition) is 4. The molecule has 2 aromatic heterocycles. The van der Waals surface area contributed by atoms with Crippen molar-refractivity contribution in [1.29, 1.82) is 0 Å². The number of fused-ring (bicyclic) bond motifs is 1. The lowest BCUT2D eigenvalue weighted by atomic mass is 10.2. The molecule has 154 valence electrons. The maximum Gasteiger partial charge on any atom is 0.416 e. The van der Waals surface area contributed by atoms with Crippen LogP contribution in [0.1, 0.15) is 31.1 Å². The van der Waals surface area contributed by atoms with E-state index >= 15 is 0 Å². The molecule has 2 heterocycles. The normalized spacial score (nSPS) is 12.0. The maximum atomic E-state index is 12.8. The van der Waals surface area contributed by atoms with E-state index in [0.717, 1.165) is 29.6 Å². The molecule has 0 fully saturated rings. The van der Waals surface area contributed by atoms with Crippen molar-refractivity contribution in [2.24, 2.45) is 0 Å². The molecule has 0 spiro atoms. The largest absolute Gasteiger partial charge is 0.416 e. The Labute approximate surface area is 168 Å². The Morgan fingerprint density at radius 1 is 1.31 bits per heavy atom. The van der Waals surface area contributed by atoms with Crippen LogP contribution in [0.5, 0.6) is 0 Å². The van der Waals surface area contributed by atoms with Crippen LogP contribution in [0, 0.1) is 6.92 Å². The third-order valence-electron chi connectivity index (χ3n) is 4.11. The molecule has 0 radical (unpaired) electrons. The van der Waals surface area contributed by atoms with Gasteiger partial charge >= 0.3 is 6.18 Å². The molecule has 0 aliphatic rings. The first kappa shape index (κ1) is 21.0. The summed E-state index contributed by atoms with van der Waals surface area (Å²) in [5.41, 5.74) is 0.672. The predicted molar refractivity (Wildman–Crippen MR) is 106 cm³/mol. The smallest absolute Gasteiger partial charge is 0.353 e. The third-order valence-corrected chi connectivity index (χ3v) is 5.06. The molecule has 0 saturated carbocycles. The summed E-state index contributed by atoms with van der Waals surface area (Å²) in [6.07, 6.45) is -4.49. The molecule has 3 aromatic rings. The Hall–Kier alpha value is -2.75. The van der Waals surface area contributed by atoms with Crippen LogP contribution in [-0.2, 0) is 11.0 Å². The summed E-state index contributed by atoms with van der Waals surface area (Å²) < 4.78 is 39.9. The summed E-state index contributed by atoms with van der Waals surface area (Å²) in [7, 11) is 0. The number of aromatic amines is 1. The zero-order valence-corrected chi connectivity index (χ0v) is 16.7. The summed E-state index contributed by atoms with van der Waals surface area (Å²) in [4.78, 5) is 32.4. The van der Waals surface area contributed by atoms with Gasteiger partial charge in [-0.15, -0.1) is 0 Å². The Morgan fingerprint density at radius 2 is 2.03 bits per heavy atom. The highest BCUT2D eigenvalue weighted by molar-refractivity contribution is 7.99. The molecule has 0 unspecified atom stereocenters. The van der Waals surface area contributed by atoms with Gasteiger partial charge in [-0.2, -0.15) is 13.2 Å². The molecule has 6 nitrogen and oxygen atoms in total. The van der Waals surface area contributed by atoms with Gasteiger partial charge in [-0.05, 0) is 45.0 Å². The van der Waals surface area contributed by atoms with Crippen LogP contribution >= 0.6 is 11.8 Å². The quantitative estimate of drug-likeness (QED) is 0.471. The number of aryl methyl sites for hydroxylation is 1. The van der Waals surface area contributed by atoms with Crippen molar-refractivity contribution in [3.63, 3.8) is 0 Å². The van der Waals surface area contributed by atoms with Gasteiger partial charge in [0.1, 0.15) is 5.52 Å². The summed E-state index contributed by atoms with van der Waals surface area (Å²) in [6.45, 7) is 5.48. The molecule has 1 aromatic carbocycles. The van der Waals surface area contributed by atoms with Gasteiger partial charge in [0.15, 0.2) is 5.16 Å². The van der Waals surface area contributed by atoms with Crippen molar-refractivity contribution >= 4 is 34.4 Å². The van der Waals surface area contributed by atoms with Crippen LogP contribution in [0.15, 0.2) is 40.3 Å². The molecule has 1 amide bonds. The van der Waals surface area contributed by atoms with Gasteiger partial charge in [0.2, 0.25) is 5.91 Å². The number of H-pyrrole nitrogens is 1. The van der Waals surface area contributed by atoms with Crippen LogP contribution in [0.3, 0.4) is 0 Å². The number of carbonyl (C=O) groups excluding carboxylic acids is 1. The van der Waals surface area contributed by atoms with E-state index in [-0.39, 0.29) is 23.0 Å². The summed E-state index contributed by atoms with van der Waals surface area (Å²) in [6, 6.07) is 5.98. The number of aromatic nitrogens is 3. The van der Waals surface area contributed by atoms with Crippen LogP contribution in [-0.4, -0.2) is 26.2 Å². The number of rotatable bonds is 5. The van der Waals surface area contributed by atoms with Gasteiger partial charge in [-0.3, -0.25) is 14.2 Å². The highest BCUT2D eigenvalue weighted by Gasteiger charge is 2.30. The minimum absolute atomic E-state index is 0.0522. The number of nitrogens with zero attached hydrogens (tertiary/aromatic N) is 2. The molecular weight excluding hydrogens is 405 g/mol. The Balaban J connectivity index is 1.79. The molecule has 2 N–H and O–H groups in total. The Kier molecular flexibility index (Phi) is 5.74. The topological polar surface area (TPSA) is 79.8 Å². The lowest BCUT2D eigenvalue weighted by Gasteiger charge is -2.15. The number of hydrogen-bond donors (Lipinski definition) is 2. The molecule has 10 heteroatoms. The third kappa shape index (κ3) is 4.64. The van der Waals surface area contributed by atoms with E-state index in [4.69, 9.17) is 0 Å². The van der Waals surface area contributed by atoms with Crippen molar-refractivity contribution in [3.05, 3.63) is 51.9 Å². The number of carbonyl (C=O) groups is 1. The van der Waals surface area contributed by atoms with Gasteiger partial charge < -0.3 is 10.3 Å². The van der Waals surface area contributed by atoms with E-state index in [0.29, 0.717) is 16.2 Å². The Bertz CT molecular complexity index is 1120. The highest BCUT2D eigenvalue weighted by atomic mass is 32.2. The lowest BCUT2D eigenvalue weighted by molar-refractivity contribution is -0.137. The first-order valence-corrected chi connectivity index (χ1v) is 9.76. The molecule has 0 bridgehead atoms. The van der Waals surface area contributed by atoms with Crippen LogP contribution < -0.4 is 10.9 Å². The van der Waals surface area contributed by atoms with Crippen LogP contribution in [0.4, 0.5) is 18.9 Å². The fraction of sp³-hybridized carbons (Fsp3) is 0.316. The average molecular weight is 424 g/mol. The van der Waals surface area contributed by atoms with Gasteiger partial charge in [-0.25, -0.2) is 4.98 Å². The first-order valence-electron chi connectivity index (χ1n) is 8.78. The highest BCUT2D eigenvalue weighted by Crippen LogP contribution is 2.30. The van der Waals surface area contributed by atoms with Crippen molar-refractivity contribution in [2.45, 2.75) is 38.1 Å². The Morgan fingerprint density at radius 3 is 2.69 bits per heavy atom. The fourth-order valence-corrected chi connectivity index (χ4v) is 3.78. The van der Waals surface area contributed by atoms with Gasteiger partial charge in [-0.1, -0.05) is 17.8 Å². The van der Waals surface area contributed by atoms with Crippen molar-refractivity contribution in [2.75, 3.05) is 11.1 Å². The minimum Gasteiger partial charge on any atom is -0.353 e. The minimum atomic E-state index is -4.49. The summed E-state index contributed by atoms with van der Waals surface area (Å²) >= 11 is 1.05. The van der Waals surface area contributed by atoms with Crippen molar-refractivity contribution in [3.8, 4) is 0 Å². The van der Waals surface area contributed by atoms with Crippen molar-refractivity contribution < 1.29 is 18.0 Å². The maximum absolute atomic E-state index is 12.8. The molecular formula is C19H19F3N4O2S. The molecule has 3 rings (SSSR count). The number of anilines is 1. The van der Waals surface area contributed by atoms with E-state index in [1.165, 1.54) is 16.7 Å². The average Bonchev–Trinajstić information content (AvgIpc) is 3.00. The summed E-state index contributed by atoms with van der Waals surface area (Å²) in [5.74, 6) is -0.603. The second-order valence-corrected chi connectivity index (χ2v) is 7.73. The van der Waals surface area contributed by atoms with Gasteiger partial charge in [0, 0.05) is 17.4 Å². The lowest BCUT2D eigenvalue weighted by Crippen LogP contribution is -2.25. The molecule has 0 aliphatic carbocycles. The number of benzene rings is 1. The van der Waals surface area contributed by atoms with Gasteiger partial charge in [0.05, 0.1) is 16.8 Å². The fourth-order valence-electron chi connectivity index (χ4n) is 2.85. The summed E-state index contributed by atoms with van der Waals surface area (Å²) in [5, 5.41) is 2.82. The van der Waals surface area contributed by atoms with E-state index < -0.39 is 17.6 Å².